The number of esters is 1. The van der Waals surface area contributed by atoms with Gasteiger partial charge in [0, 0.05) is 18.6 Å². The number of rotatable bonds is 6. The Morgan fingerprint density at radius 2 is 1.96 bits per heavy atom. The summed E-state index contributed by atoms with van der Waals surface area (Å²) >= 11 is 0. The van der Waals surface area contributed by atoms with Gasteiger partial charge >= 0.3 is 5.97 Å². The van der Waals surface area contributed by atoms with Crippen LogP contribution >= 0.6 is 0 Å². The first-order chi connectivity index (χ1) is 13.7. The average Bonchev–Trinajstić information content (AvgIpc) is 3.16. The Morgan fingerprint density at radius 1 is 1.07 bits per heavy atom. The summed E-state index contributed by atoms with van der Waals surface area (Å²) in [5.74, 6) is 0.984. The summed E-state index contributed by atoms with van der Waals surface area (Å²) in [6, 6.07) is 15.0. The first kappa shape index (κ1) is 17.9. The molecule has 2 heterocycles. The molecule has 2 aromatic carbocycles. The second-order valence-electron chi connectivity index (χ2n) is 6.14. The SMILES string of the molecule is COCCOc1ccc2c(c1)ncn2-c1ccc2cccc(C(=O)OC)c2n1. The van der Waals surface area contributed by atoms with Crippen molar-refractivity contribution in [3.63, 3.8) is 0 Å². The number of hydrogen-bond acceptors (Lipinski definition) is 6. The number of pyridine rings is 1. The van der Waals surface area contributed by atoms with E-state index in [0.29, 0.717) is 30.1 Å². The number of carbonyl (C=O) groups is 1. The Hall–Kier alpha value is -3.45. The number of nitrogens with zero attached hydrogens (tertiary/aromatic N) is 3. The van der Waals surface area contributed by atoms with Gasteiger partial charge in [0.05, 0.1) is 35.8 Å². The second-order valence-corrected chi connectivity index (χ2v) is 6.14. The minimum atomic E-state index is -0.413. The van der Waals surface area contributed by atoms with Crippen molar-refractivity contribution in [1.82, 2.24) is 14.5 Å². The molecule has 7 nitrogen and oxygen atoms in total. The molecule has 0 saturated heterocycles. The van der Waals surface area contributed by atoms with Crippen molar-refractivity contribution in [2.45, 2.75) is 0 Å². The monoisotopic (exact) mass is 377 g/mol. The molecule has 0 unspecified atom stereocenters. The Bertz CT molecular complexity index is 1150. The maximum Gasteiger partial charge on any atom is 0.340 e. The molecule has 0 aliphatic carbocycles. The third kappa shape index (κ3) is 3.27. The molecule has 0 aliphatic heterocycles. The van der Waals surface area contributed by atoms with E-state index in [1.165, 1.54) is 7.11 Å². The number of benzene rings is 2. The van der Waals surface area contributed by atoms with Crippen LogP contribution in [0.5, 0.6) is 5.75 Å². The van der Waals surface area contributed by atoms with Crippen LogP contribution in [0.25, 0.3) is 27.8 Å². The lowest BCUT2D eigenvalue weighted by atomic mass is 10.1. The first-order valence-corrected chi connectivity index (χ1v) is 8.78. The Kier molecular flexibility index (Phi) is 4.90. The molecular weight excluding hydrogens is 358 g/mol. The average molecular weight is 377 g/mol. The van der Waals surface area contributed by atoms with Crippen LogP contribution in [-0.4, -0.2) is 47.9 Å². The predicted octanol–water partition coefficient (Wildman–Crippen LogP) is 3.39. The zero-order valence-electron chi connectivity index (χ0n) is 15.6. The number of methoxy groups -OCH3 is 2. The highest BCUT2D eigenvalue weighted by Crippen LogP contribution is 2.24. The van der Waals surface area contributed by atoms with Gasteiger partial charge in [0.25, 0.3) is 0 Å². The van der Waals surface area contributed by atoms with Crippen LogP contribution in [0.3, 0.4) is 0 Å². The van der Waals surface area contributed by atoms with Gasteiger partial charge < -0.3 is 14.2 Å². The van der Waals surface area contributed by atoms with E-state index in [-0.39, 0.29) is 0 Å². The maximum atomic E-state index is 12.1. The van der Waals surface area contributed by atoms with Gasteiger partial charge in [-0.2, -0.15) is 0 Å². The maximum absolute atomic E-state index is 12.1. The van der Waals surface area contributed by atoms with E-state index in [1.54, 1.807) is 19.5 Å². The van der Waals surface area contributed by atoms with Gasteiger partial charge in [-0.3, -0.25) is 4.57 Å². The fraction of sp³-hybridized carbons (Fsp3) is 0.190. The molecule has 28 heavy (non-hydrogen) atoms. The molecule has 0 N–H and O–H groups in total. The summed E-state index contributed by atoms with van der Waals surface area (Å²) in [6.45, 7) is 1.00. The van der Waals surface area contributed by atoms with Crippen LogP contribution in [0.1, 0.15) is 10.4 Å². The summed E-state index contributed by atoms with van der Waals surface area (Å²) in [5.41, 5.74) is 2.70. The van der Waals surface area contributed by atoms with Crippen molar-refractivity contribution >= 4 is 27.9 Å². The number of para-hydroxylation sites is 1. The van der Waals surface area contributed by atoms with Gasteiger partial charge in [0.15, 0.2) is 0 Å². The number of fused-ring (bicyclic) bond motifs is 2. The van der Waals surface area contributed by atoms with Crippen LogP contribution in [0.4, 0.5) is 0 Å². The molecule has 0 atom stereocenters. The lowest BCUT2D eigenvalue weighted by molar-refractivity contribution is 0.0603. The van der Waals surface area contributed by atoms with Crippen molar-refractivity contribution in [3.05, 3.63) is 60.4 Å². The zero-order valence-corrected chi connectivity index (χ0v) is 15.6. The number of aromatic nitrogens is 3. The summed E-state index contributed by atoms with van der Waals surface area (Å²) in [6.07, 6.45) is 1.71. The van der Waals surface area contributed by atoms with Crippen molar-refractivity contribution < 1.29 is 19.0 Å². The highest BCUT2D eigenvalue weighted by molar-refractivity contribution is 6.02. The number of ether oxygens (including phenoxy) is 3. The lowest BCUT2D eigenvalue weighted by Crippen LogP contribution is -2.05. The molecule has 0 spiro atoms. The molecule has 0 aliphatic rings. The highest BCUT2D eigenvalue weighted by Gasteiger charge is 2.13. The number of carbonyl (C=O) groups excluding carboxylic acids is 1. The van der Waals surface area contributed by atoms with Gasteiger partial charge in [0.2, 0.25) is 0 Å². The van der Waals surface area contributed by atoms with Crippen LogP contribution in [-0.2, 0) is 9.47 Å². The van der Waals surface area contributed by atoms with Gasteiger partial charge in [-0.25, -0.2) is 14.8 Å². The topological polar surface area (TPSA) is 75.5 Å². The Morgan fingerprint density at radius 3 is 2.79 bits per heavy atom. The smallest absolute Gasteiger partial charge is 0.340 e. The molecule has 0 saturated carbocycles. The van der Waals surface area contributed by atoms with Crippen LogP contribution in [0.15, 0.2) is 54.9 Å². The van der Waals surface area contributed by atoms with Gasteiger partial charge in [-0.1, -0.05) is 12.1 Å². The van der Waals surface area contributed by atoms with Crippen molar-refractivity contribution in [1.29, 1.82) is 0 Å². The molecule has 4 aromatic rings. The molecule has 142 valence electrons. The summed E-state index contributed by atoms with van der Waals surface area (Å²) < 4.78 is 17.4. The van der Waals surface area contributed by atoms with E-state index >= 15 is 0 Å². The molecule has 0 radical (unpaired) electrons. The van der Waals surface area contributed by atoms with E-state index in [0.717, 1.165) is 22.2 Å². The molecule has 7 heteroatoms. The fourth-order valence-corrected chi connectivity index (χ4v) is 3.05. The Labute approximate surface area is 161 Å². The van der Waals surface area contributed by atoms with E-state index in [4.69, 9.17) is 19.2 Å². The fourth-order valence-electron chi connectivity index (χ4n) is 3.05. The summed E-state index contributed by atoms with van der Waals surface area (Å²) in [7, 11) is 3.00. The molecule has 0 bridgehead atoms. The molecular formula is C21H19N3O4. The zero-order chi connectivity index (χ0) is 19.5. The molecule has 0 amide bonds. The van der Waals surface area contributed by atoms with Gasteiger partial charge in [-0.05, 0) is 30.3 Å². The summed E-state index contributed by atoms with van der Waals surface area (Å²) in [5, 5.41) is 0.866. The van der Waals surface area contributed by atoms with Crippen LogP contribution in [0, 0.1) is 0 Å². The normalized spacial score (nSPS) is 11.1. The quantitative estimate of drug-likeness (QED) is 0.379. The van der Waals surface area contributed by atoms with E-state index in [1.807, 2.05) is 47.0 Å². The Balaban J connectivity index is 1.75. The second kappa shape index (κ2) is 7.66. The minimum absolute atomic E-state index is 0.413. The van der Waals surface area contributed by atoms with Crippen molar-refractivity contribution in [2.75, 3.05) is 27.4 Å². The van der Waals surface area contributed by atoms with Crippen molar-refractivity contribution in [2.24, 2.45) is 0 Å². The third-order valence-electron chi connectivity index (χ3n) is 4.43. The van der Waals surface area contributed by atoms with E-state index in [2.05, 4.69) is 4.98 Å². The van der Waals surface area contributed by atoms with Crippen molar-refractivity contribution in [3.8, 4) is 11.6 Å². The van der Waals surface area contributed by atoms with Crippen LogP contribution < -0.4 is 4.74 Å². The standard InChI is InChI=1S/C21H19N3O4/c1-26-10-11-28-15-7-8-18-17(12-15)22-13-24(18)19-9-6-14-4-3-5-16(20(14)23-19)21(25)27-2/h3-9,12-13H,10-11H2,1-2H3. The largest absolute Gasteiger partial charge is 0.491 e. The lowest BCUT2D eigenvalue weighted by Gasteiger charge is -2.09. The predicted molar refractivity (Wildman–Crippen MR) is 105 cm³/mol. The number of hydrogen-bond donors (Lipinski definition) is 0. The third-order valence-corrected chi connectivity index (χ3v) is 4.43. The molecule has 2 aromatic heterocycles. The van der Waals surface area contributed by atoms with Gasteiger partial charge in [0.1, 0.15) is 24.5 Å². The number of imidazole rings is 1. The first-order valence-electron chi connectivity index (χ1n) is 8.78. The summed E-state index contributed by atoms with van der Waals surface area (Å²) in [4.78, 5) is 21.2. The molecule has 0 fully saturated rings. The molecule has 4 rings (SSSR count). The van der Waals surface area contributed by atoms with E-state index in [9.17, 15) is 4.79 Å². The van der Waals surface area contributed by atoms with Gasteiger partial charge in [-0.15, -0.1) is 0 Å². The van der Waals surface area contributed by atoms with E-state index < -0.39 is 5.97 Å². The highest BCUT2D eigenvalue weighted by atomic mass is 16.5. The minimum Gasteiger partial charge on any atom is -0.491 e. The van der Waals surface area contributed by atoms with Crippen LogP contribution in [0.2, 0.25) is 0 Å².